The van der Waals surface area contributed by atoms with Gasteiger partial charge >= 0.3 is 6.03 Å². The molecule has 0 saturated carbocycles. The molecule has 2 aromatic carbocycles. The molecule has 1 fully saturated rings. The number of hydrogen-bond acceptors (Lipinski definition) is 4. The molecule has 150 valence electrons. The topological polar surface area (TPSA) is 81.8 Å². The minimum absolute atomic E-state index is 0.0720. The zero-order valence-electron chi connectivity index (χ0n) is 16.6. The summed E-state index contributed by atoms with van der Waals surface area (Å²) in [4.78, 5) is 39.3. The van der Waals surface area contributed by atoms with E-state index in [4.69, 9.17) is 0 Å². The third-order valence-corrected chi connectivity index (χ3v) is 5.68. The van der Waals surface area contributed by atoms with Gasteiger partial charge in [-0.25, -0.2) is 4.79 Å². The van der Waals surface area contributed by atoms with Crippen LogP contribution in [0.2, 0.25) is 0 Å². The summed E-state index contributed by atoms with van der Waals surface area (Å²) in [6.07, 6.45) is 0.448. The van der Waals surface area contributed by atoms with Crippen molar-refractivity contribution in [2.45, 2.75) is 38.9 Å². The summed E-state index contributed by atoms with van der Waals surface area (Å²) in [6.45, 7) is 4.75. The second-order valence-electron chi connectivity index (χ2n) is 7.75. The average Bonchev–Trinajstić information content (AvgIpc) is 2.84. The molecule has 0 bridgehead atoms. The highest BCUT2D eigenvalue weighted by molar-refractivity contribution is 6.07. The molecule has 1 unspecified atom stereocenters. The van der Waals surface area contributed by atoms with Crippen LogP contribution in [-0.4, -0.2) is 39.8 Å². The Morgan fingerprint density at radius 2 is 1.59 bits per heavy atom. The van der Waals surface area contributed by atoms with Gasteiger partial charge in [0, 0.05) is 13.1 Å². The van der Waals surface area contributed by atoms with Crippen molar-refractivity contribution >= 4 is 17.8 Å². The van der Waals surface area contributed by atoms with E-state index in [0.717, 1.165) is 16.1 Å². The van der Waals surface area contributed by atoms with Gasteiger partial charge in [-0.05, 0) is 35.6 Å². The lowest BCUT2D eigenvalue weighted by Crippen LogP contribution is -2.51. The summed E-state index contributed by atoms with van der Waals surface area (Å²) >= 11 is 0. The maximum absolute atomic E-state index is 12.7. The van der Waals surface area contributed by atoms with Crippen LogP contribution in [-0.2, 0) is 22.7 Å². The summed E-state index contributed by atoms with van der Waals surface area (Å²) in [5, 5.41) is 3.43. The van der Waals surface area contributed by atoms with E-state index < -0.39 is 23.4 Å². The summed E-state index contributed by atoms with van der Waals surface area (Å²) in [5.74, 6) is -0.837. The van der Waals surface area contributed by atoms with Crippen LogP contribution < -0.4 is 10.7 Å². The molecule has 0 aliphatic carbocycles. The fourth-order valence-electron chi connectivity index (χ4n) is 3.88. The number of carbonyl (C=O) groups excluding carboxylic acids is 3. The van der Waals surface area contributed by atoms with Crippen LogP contribution in [0.5, 0.6) is 0 Å². The Morgan fingerprint density at radius 1 is 1.03 bits per heavy atom. The van der Waals surface area contributed by atoms with Gasteiger partial charge in [-0.2, -0.15) is 5.01 Å². The van der Waals surface area contributed by atoms with Gasteiger partial charge in [0.1, 0.15) is 5.54 Å². The molecular weight excluding hydrogens is 368 g/mol. The average molecular weight is 392 g/mol. The van der Waals surface area contributed by atoms with Crippen LogP contribution in [0, 0.1) is 0 Å². The first-order valence-corrected chi connectivity index (χ1v) is 9.76. The fraction of sp³-hybridized carbons (Fsp3) is 0.318. The van der Waals surface area contributed by atoms with Crippen LogP contribution >= 0.6 is 0 Å². The lowest BCUT2D eigenvalue weighted by Gasteiger charge is -2.23. The van der Waals surface area contributed by atoms with Crippen molar-refractivity contribution < 1.29 is 14.4 Å². The Labute approximate surface area is 169 Å². The summed E-state index contributed by atoms with van der Waals surface area (Å²) in [6, 6.07) is 15.7. The van der Waals surface area contributed by atoms with Crippen molar-refractivity contribution in [3.63, 3.8) is 0 Å². The molecule has 2 aliphatic heterocycles. The van der Waals surface area contributed by atoms with Gasteiger partial charge in [-0.1, -0.05) is 55.5 Å². The lowest BCUT2D eigenvalue weighted by atomic mass is 9.97. The van der Waals surface area contributed by atoms with Crippen LogP contribution in [0.3, 0.4) is 0 Å². The van der Waals surface area contributed by atoms with Crippen LogP contribution in [0.15, 0.2) is 48.5 Å². The van der Waals surface area contributed by atoms with Crippen molar-refractivity contribution in [1.29, 1.82) is 0 Å². The largest absolute Gasteiger partial charge is 0.344 e. The third-order valence-electron chi connectivity index (χ3n) is 5.68. The van der Waals surface area contributed by atoms with Gasteiger partial charge in [0.25, 0.3) is 11.8 Å². The van der Waals surface area contributed by atoms with Crippen LogP contribution in [0.4, 0.5) is 4.79 Å². The van der Waals surface area contributed by atoms with Gasteiger partial charge in [0.05, 0.1) is 6.54 Å². The molecule has 4 amide bonds. The monoisotopic (exact) mass is 392 g/mol. The van der Waals surface area contributed by atoms with E-state index in [9.17, 15) is 14.4 Å². The second-order valence-corrected chi connectivity index (χ2v) is 7.75. The number of nitrogens with one attached hydrogen (secondary N) is 2. The number of urea groups is 1. The minimum atomic E-state index is -0.981. The molecule has 29 heavy (non-hydrogen) atoms. The maximum atomic E-state index is 12.7. The number of amides is 4. The predicted octanol–water partition coefficient (Wildman–Crippen LogP) is 2.42. The van der Waals surface area contributed by atoms with Crippen LogP contribution in [0.1, 0.15) is 31.4 Å². The summed E-state index contributed by atoms with van der Waals surface area (Å²) < 4.78 is 0. The Bertz CT molecular complexity index is 942. The quantitative estimate of drug-likeness (QED) is 0.783. The van der Waals surface area contributed by atoms with E-state index >= 15 is 0 Å². The van der Waals surface area contributed by atoms with E-state index in [-0.39, 0.29) is 6.54 Å². The van der Waals surface area contributed by atoms with Crippen molar-refractivity contribution in [1.82, 2.24) is 20.7 Å². The number of carbonyl (C=O) groups is 3. The summed E-state index contributed by atoms with van der Waals surface area (Å²) in [5.41, 5.74) is 6.10. The first-order chi connectivity index (χ1) is 13.9. The Hall–Kier alpha value is -3.19. The SMILES string of the molecule is CCC1(C)NC(=O)N(NC(=O)CN2Cc3ccccc3-c3ccccc3C2)C1=O. The van der Waals surface area contributed by atoms with Crippen molar-refractivity contribution in [2.75, 3.05) is 6.54 Å². The highest BCUT2D eigenvalue weighted by Crippen LogP contribution is 2.32. The molecule has 7 heteroatoms. The smallest absolute Gasteiger partial charge is 0.322 e. The van der Waals surface area contributed by atoms with Crippen molar-refractivity contribution in [3.05, 3.63) is 59.7 Å². The predicted molar refractivity (Wildman–Crippen MR) is 108 cm³/mol. The van der Waals surface area contributed by atoms with E-state index in [1.54, 1.807) is 6.92 Å². The Kier molecular flexibility index (Phi) is 4.84. The Morgan fingerprint density at radius 3 is 2.10 bits per heavy atom. The lowest BCUT2D eigenvalue weighted by molar-refractivity contribution is -0.139. The van der Waals surface area contributed by atoms with E-state index in [1.165, 1.54) is 11.1 Å². The molecular formula is C22H24N4O3. The Balaban J connectivity index is 1.51. The van der Waals surface area contributed by atoms with E-state index in [0.29, 0.717) is 19.5 Å². The second kappa shape index (κ2) is 7.33. The zero-order valence-corrected chi connectivity index (χ0v) is 16.6. The highest BCUT2D eigenvalue weighted by atomic mass is 16.2. The minimum Gasteiger partial charge on any atom is -0.322 e. The third kappa shape index (κ3) is 3.49. The number of imide groups is 1. The molecule has 0 radical (unpaired) electrons. The molecule has 1 saturated heterocycles. The fourth-order valence-corrected chi connectivity index (χ4v) is 3.88. The normalized spacial score (nSPS) is 21.2. The van der Waals surface area contributed by atoms with Gasteiger partial charge in [0.2, 0.25) is 0 Å². The number of hydrazine groups is 1. The number of benzene rings is 2. The molecule has 2 heterocycles. The maximum Gasteiger partial charge on any atom is 0.344 e. The molecule has 2 aliphatic rings. The molecule has 0 spiro atoms. The van der Waals surface area contributed by atoms with Gasteiger partial charge in [0.15, 0.2) is 0 Å². The molecule has 0 aromatic heterocycles. The molecule has 1 atom stereocenters. The zero-order chi connectivity index (χ0) is 20.6. The molecule has 4 rings (SSSR count). The first-order valence-electron chi connectivity index (χ1n) is 9.76. The molecule has 7 nitrogen and oxygen atoms in total. The molecule has 2 aromatic rings. The number of nitrogens with zero attached hydrogens (tertiary/aromatic N) is 2. The van der Waals surface area contributed by atoms with Crippen molar-refractivity contribution in [3.8, 4) is 11.1 Å². The summed E-state index contributed by atoms with van der Waals surface area (Å²) in [7, 11) is 0. The van der Waals surface area contributed by atoms with Gasteiger partial charge in [-0.15, -0.1) is 0 Å². The molecule has 2 N–H and O–H groups in total. The standard InChI is InChI=1S/C22H24N4O3/c1-3-22(2)20(28)26(21(29)23-22)24-19(27)14-25-12-15-8-4-6-10-17(15)18-11-7-5-9-16(18)13-25/h4-11H,3,12-14H2,1-2H3,(H,23,29)(H,24,27). The van der Waals surface area contributed by atoms with E-state index in [2.05, 4.69) is 35.0 Å². The number of fused-ring (bicyclic) bond motifs is 3. The van der Waals surface area contributed by atoms with Crippen LogP contribution in [0.25, 0.3) is 11.1 Å². The van der Waals surface area contributed by atoms with Gasteiger partial charge < -0.3 is 5.32 Å². The first kappa shape index (κ1) is 19.1. The van der Waals surface area contributed by atoms with E-state index in [1.807, 2.05) is 36.1 Å². The van der Waals surface area contributed by atoms with Crippen molar-refractivity contribution in [2.24, 2.45) is 0 Å². The number of hydrogen-bond donors (Lipinski definition) is 2. The highest BCUT2D eigenvalue weighted by Gasteiger charge is 2.47. The number of rotatable bonds is 4. The van der Waals surface area contributed by atoms with Gasteiger partial charge in [-0.3, -0.25) is 19.9 Å².